The quantitative estimate of drug-likeness (QED) is 0.303. The molecule has 2 bridgehead atoms. The van der Waals surface area contributed by atoms with E-state index in [-0.39, 0.29) is 18.6 Å². The minimum Gasteiger partial charge on any atom is -0.489 e. The minimum absolute atomic E-state index is 0.191. The molecule has 278 valence electrons. The summed E-state index contributed by atoms with van der Waals surface area (Å²) < 4.78 is 44.7. The highest BCUT2D eigenvalue weighted by Gasteiger charge is 2.55. The van der Waals surface area contributed by atoms with Crippen molar-refractivity contribution >= 4 is 5.97 Å². The highest BCUT2D eigenvalue weighted by atomic mass is 16.7. The Morgan fingerprint density at radius 1 is 0.917 bits per heavy atom. The van der Waals surface area contributed by atoms with Crippen LogP contribution in [0.15, 0.2) is 11.3 Å². The summed E-state index contributed by atoms with van der Waals surface area (Å²) in [7, 11) is 3.34. The number of ether oxygens (including phenoxy) is 7. The molecule has 4 rings (SSSR count). The predicted molar refractivity (Wildman–Crippen MR) is 178 cm³/mol. The average Bonchev–Trinajstić information content (AvgIpc) is 3.34. The van der Waals surface area contributed by atoms with E-state index in [2.05, 4.69) is 5.32 Å². The molecule has 0 aromatic heterocycles. The van der Waals surface area contributed by atoms with Crippen LogP contribution in [0, 0.1) is 23.2 Å². The Balaban J connectivity index is 1.82. The van der Waals surface area contributed by atoms with E-state index in [1.54, 1.807) is 34.9 Å². The van der Waals surface area contributed by atoms with Gasteiger partial charge >= 0.3 is 5.97 Å². The molecule has 0 saturated carbocycles. The van der Waals surface area contributed by atoms with Crippen LogP contribution in [0.25, 0.3) is 0 Å². The van der Waals surface area contributed by atoms with Crippen LogP contribution in [0.5, 0.6) is 0 Å². The number of carbonyl (C=O) groups excluding carboxylic acids is 1. The van der Waals surface area contributed by atoms with Gasteiger partial charge in [0.15, 0.2) is 12.6 Å². The Morgan fingerprint density at radius 2 is 1.56 bits per heavy atom. The van der Waals surface area contributed by atoms with E-state index in [4.69, 9.17) is 33.2 Å². The lowest BCUT2D eigenvalue weighted by molar-refractivity contribution is -0.314. The second-order valence-corrected chi connectivity index (χ2v) is 16.0. The molecular formula is C36H63NO11. The normalized spacial score (nSPS) is 49.0. The smallest absolute Gasteiger partial charge is 0.311 e. The average molecular weight is 686 g/mol. The number of aliphatic hydroxyl groups excluding tert-OH is 3. The van der Waals surface area contributed by atoms with Crippen LogP contribution in [0.4, 0.5) is 0 Å². The fourth-order valence-electron chi connectivity index (χ4n) is 8.28. The first-order valence-electron chi connectivity index (χ1n) is 17.7. The van der Waals surface area contributed by atoms with Crippen LogP contribution >= 0.6 is 0 Å². The first-order chi connectivity index (χ1) is 22.2. The maximum atomic E-state index is 14.0. The molecule has 0 aliphatic carbocycles. The Bertz CT molecular complexity index is 1160. The van der Waals surface area contributed by atoms with Gasteiger partial charge in [-0.3, -0.25) is 4.79 Å². The highest BCUT2D eigenvalue weighted by Crippen LogP contribution is 2.48. The third-order valence-corrected chi connectivity index (χ3v) is 11.9. The minimum atomic E-state index is -0.998. The Hall–Kier alpha value is -1.35. The molecular weight excluding hydrogens is 622 g/mol. The van der Waals surface area contributed by atoms with Crippen molar-refractivity contribution in [2.45, 2.75) is 174 Å². The zero-order valence-electron chi connectivity index (χ0n) is 31.3. The molecule has 16 atom stereocenters. The summed E-state index contributed by atoms with van der Waals surface area (Å²) in [5.74, 6) is -1.60. The lowest BCUT2D eigenvalue weighted by Gasteiger charge is -2.48. The van der Waals surface area contributed by atoms with Gasteiger partial charge in [-0.2, -0.15) is 0 Å². The van der Waals surface area contributed by atoms with Crippen LogP contribution in [-0.4, -0.2) is 114 Å². The van der Waals surface area contributed by atoms with Gasteiger partial charge < -0.3 is 53.8 Å². The molecule has 12 heteroatoms. The topological polar surface area (TPSA) is 154 Å². The molecule has 0 aromatic rings. The van der Waals surface area contributed by atoms with E-state index >= 15 is 0 Å². The molecule has 4 N–H and O–H groups in total. The van der Waals surface area contributed by atoms with Crippen molar-refractivity contribution in [2.75, 3.05) is 14.2 Å². The molecule has 0 spiro atoms. The number of hydrogen-bond acceptors (Lipinski definition) is 12. The molecule has 3 saturated heterocycles. The van der Waals surface area contributed by atoms with E-state index in [0.29, 0.717) is 18.6 Å². The van der Waals surface area contributed by atoms with Crippen molar-refractivity contribution in [3.05, 3.63) is 11.3 Å². The summed E-state index contributed by atoms with van der Waals surface area (Å²) in [6, 6.07) is -0.258. The van der Waals surface area contributed by atoms with Crippen LogP contribution in [0.1, 0.15) is 95.4 Å². The van der Waals surface area contributed by atoms with Crippen molar-refractivity contribution in [2.24, 2.45) is 23.2 Å². The summed E-state index contributed by atoms with van der Waals surface area (Å²) in [5, 5.41) is 37.2. The van der Waals surface area contributed by atoms with E-state index in [1.165, 1.54) is 0 Å². The molecule has 0 aromatic carbocycles. The van der Waals surface area contributed by atoms with Gasteiger partial charge in [-0.25, -0.2) is 0 Å². The second-order valence-electron chi connectivity index (χ2n) is 16.0. The van der Waals surface area contributed by atoms with E-state index < -0.39 is 95.6 Å². The number of likely N-dealkylation sites (N-methyl/N-ethyl adjacent to an activating group) is 1. The Morgan fingerprint density at radius 3 is 2.17 bits per heavy atom. The van der Waals surface area contributed by atoms with E-state index in [0.717, 1.165) is 5.57 Å². The maximum absolute atomic E-state index is 14.0. The maximum Gasteiger partial charge on any atom is 0.311 e. The highest BCUT2D eigenvalue weighted by molar-refractivity contribution is 5.73. The molecule has 11 unspecified atom stereocenters. The third-order valence-electron chi connectivity index (χ3n) is 11.9. The van der Waals surface area contributed by atoms with Crippen molar-refractivity contribution in [1.82, 2.24) is 5.32 Å². The van der Waals surface area contributed by atoms with Gasteiger partial charge in [0.2, 0.25) is 0 Å². The third kappa shape index (κ3) is 7.48. The molecule has 0 amide bonds. The summed E-state index contributed by atoms with van der Waals surface area (Å²) in [5.41, 5.74) is -1.78. The fourth-order valence-corrected chi connectivity index (χ4v) is 8.28. The van der Waals surface area contributed by atoms with E-state index in [1.807, 2.05) is 55.4 Å². The van der Waals surface area contributed by atoms with Crippen LogP contribution in [0.3, 0.4) is 0 Å². The second kappa shape index (κ2) is 14.7. The molecule has 4 aliphatic rings. The number of fused-ring (bicyclic) bond motifs is 2. The molecule has 0 radical (unpaired) electrons. The molecule has 4 heterocycles. The first-order valence-corrected chi connectivity index (χ1v) is 17.7. The Kier molecular flexibility index (Phi) is 12.1. The zero-order chi connectivity index (χ0) is 36.1. The summed E-state index contributed by atoms with van der Waals surface area (Å²) in [6.07, 6.45) is -6.35. The standard InChI is InChI=1S/C36H63NO11/c1-17-15-36(11)31(47-33-26(38)24(37-12)14-18(2)43-33)20(4)28(46-25-16-35(10,42-13)30(40)22(6)44-25)21(5)32(41)45-23(7)34(8,9)29(39)19(3)27(17)48-36/h18-26,28-31,33,37-40H,14-16H2,1-13H3/t18-,19+,20+,21-,22+,23?,24?,25?,26?,28?,29?,30?,31?,33?,35?,36?/m1/s1. The largest absolute Gasteiger partial charge is 0.489 e. The fraction of sp³-hybridized carbons (Fsp3) is 0.917. The van der Waals surface area contributed by atoms with Crippen LogP contribution in [-0.2, 0) is 38.0 Å². The number of esters is 1. The van der Waals surface area contributed by atoms with Crippen molar-refractivity contribution in [1.29, 1.82) is 0 Å². The number of carbonyl (C=O) groups is 1. The van der Waals surface area contributed by atoms with Crippen molar-refractivity contribution < 1.29 is 53.3 Å². The van der Waals surface area contributed by atoms with Gasteiger partial charge in [-0.1, -0.05) is 27.7 Å². The molecule has 48 heavy (non-hydrogen) atoms. The monoisotopic (exact) mass is 685 g/mol. The SMILES string of the molecule is CNC1C[C@@H](C)OC(OC2[C@@H](C)C(OC3CC(C)(OC)C(O)[C@H](C)O3)[C@@H](C)C(=O)OC(C)C(C)(C)C(O)[C@@H](C)C3=C(C)CC2(C)O3)C1O. The van der Waals surface area contributed by atoms with Gasteiger partial charge in [0, 0.05) is 43.2 Å². The summed E-state index contributed by atoms with van der Waals surface area (Å²) in [6.45, 7) is 20.7. The summed E-state index contributed by atoms with van der Waals surface area (Å²) >= 11 is 0. The van der Waals surface area contributed by atoms with Gasteiger partial charge in [-0.05, 0) is 67.5 Å². The van der Waals surface area contributed by atoms with Crippen LogP contribution < -0.4 is 5.32 Å². The molecule has 12 nitrogen and oxygen atoms in total. The lowest BCUT2D eigenvalue weighted by Crippen LogP contribution is -2.60. The zero-order valence-corrected chi connectivity index (χ0v) is 31.3. The number of hydrogen-bond donors (Lipinski definition) is 4. The molecule has 3 fully saturated rings. The summed E-state index contributed by atoms with van der Waals surface area (Å²) in [4.78, 5) is 14.0. The Labute approximate surface area is 287 Å². The van der Waals surface area contributed by atoms with Gasteiger partial charge in [0.25, 0.3) is 0 Å². The van der Waals surface area contributed by atoms with Crippen molar-refractivity contribution in [3.63, 3.8) is 0 Å². The predicted octanol–water partition coefficient (Wildman–Crippen LogP) is 3.44. The number of methoxy groups -OCH3 is 1. The van der Waals surface area contributed by atoms with Gasteiger partial charge in [-0.15, -0.1) is 0 Å². The number of nitrogens with one attached hydrogen (secondary N) is 1. The number of cyclic esters (lactones) is 1. The number of aliphatic hydroxyl groups is 3. The van der Waals surface area contributed by atoms with Crippen molar-refractivity contribution in [3.8, 4) is 0 Å². The van der Waals surface area contributed by atoms with Gasteiger partial charge in [0.1, 0.15) is 35.8 Å². The van der Waals surface area contributed by atoms with Crippen LogP contribution in [0.2, 0.25) is 0 Å². The number of rotatable bonds is 6. The molecule has 4 aliphatic heterocycles. The lowest BCUT2D eigenvalue weighted by atomic mass is 9.75. The van der Waals surface area contributed by atoms with Gasteiger partial charge in [0.05, 0.1) is 35.9 Å². The van der Waals surface area contributed by atoms with E-state index in [9.17, 15) is 20.1 Å². The first kappa shape index (κ1) is 39.4.